The fourth-order valence-corrected chi connectivity index (χ4v) is 4.17. The Morgan fingerprint density at radius 3 is 2.38 bits per heavy atom. The van der Waals surface area contributed by atoms with E-state index in [9.17, 15) is 13.2 Å². The average Bonchev–Trinajstić information content (AvgIpc) is 3.13. The number of sulfonamides is 1. The Morgan fingerprint density at radius 2 is 1.92 bits per heavy atom. The molecule has 2 rings (SSSR count). The van der Waals surface area contributed by atoms with Crippen LogP contribution in [0.15, 0.2) is 29.2 Å². The van der Waals surface area contributed by atoms with E-state index in [0.29, 0.717) is 5.75 Å². The Kier molecular flexibility index (Phi) is 8.33. The van der Waals surface area contributed by atoms with Gasteiger partial charge in [-0.3, -0.25) is 4.79 Å². The van der Waals surface area contributed by atoms with Gasteiger partial charge in [-0.15, -0.1) is 12.4 Å². The molecule has 2 N–H and O–H groups in total. The number of hydrogen-bond acceptors (Lipinski definition) is 5. The predicted molar refractivity (Wildman–Crippen MR) is 103 cm³/mol. The summed E-state index contributed by atoms with van der Waals surface area (Å²) in [5.74, 6) is 0.196. The Hall–Kier alpha value is -1.35. The number of ether oxygens (including phenoxy) is 1. The quantitative estimate of drug-likeness (QED) is 0.712. The number of benzene rings is 1. The smallest absolute Gasteiger partial charge is 0.241 e. The van der Waals surface area contributed by atoms with Crippen LogP contribution in [0, 0.1) is 5.92 Å². The van der Waals surface area contributed by atoms with Crippen LogP contribution in [0.2, 0.25) is 0 Å². The highest BCUT2D eigenvalue weighted by Gasteiger charge is 2.33. The molecule has 1 fully saturated rings. The molecular weight excluding hydrogens is 378 g/mol. The fraction of sp³-hybridized carbons (Fsp3) is 0.588. The van der Waals surface area contributed by atoms with Gasteiger partial charge in [0.1, 0.15) is 11.8 Å². The highest BCUT2D eigenvalue weighted by molar-refractivity contribution is 7.89. The summed E-state index contributed by atoms with van der Waals surface area (Å²) in [6.07, 6.45) is 0.873. The fourth-order valence-electron chi connectivity index (χ4n) is 2.83. The monoisotopic (exact) mass is 405 g/mol. The van der Waals surface area contributed by atoms with Crippen molar-refractivity contribution in [3.05, 3.63) is 24.3 Å². The van der Waals surface area contributed by atoms with Crippen molar-refractivity contribution in [2.45, 2.75) is 37.2 Å². The first-order chi connectivity index (χ1) is 11.8. The average molecular weight is 406 g/mol. The van der Waals surface area contributed by atoms with Crippen molar-refractivity contribution in [1.82, 2.24) is 14.9 Å². The van der Waals surface area contributed by atoms with Crippen molar-refractivity contribution in [2.24, 2.45) is 5.92 Å². The molecule has 9 heteroatoms. The van der Waals surface area contributed by atoms with Gasteiger partial charge in [-0.05, 0) is 43.1 Å². The van der Waals surface area contributed by atoms with Gasteiger partial charge in [-0.2, -0.15) is 4.72 Å². The molecule has 1 amide bonds. The van der Waals surface area contributed by atoms with Crippen molar-refractivity contribution < 1.29 is 17.9 Å². The molecule has 0 radical (unpaired) electrons. The minimum absolute atomic E-state index is 0. The molecular formula is C17H28ClN3O4S. The van der Waals surface area contributed by atoms with E-state index in [-0.39, 0.29) is 35.2 Å². The summed E-state index contributed by atoms with van der Waals surface area (Å²) in [6, 6.07) is 5.38. The molecule has 1 aliphatic heterocycles. The molecule has 7 nitrogen and oxygen atoms in total. The van der Waals surface area contributed by atoms with Crippen LogP contribution in [-0.4, -0.2) is 58.6 Å². The molecule has 0 spiro atoms. The summed E-state index contributed by atoms with van der Waals surface area (Å²) in [4.78, 5) is 14.6. The Labute approximate surface area is 161 Å². The van der Waals surface area contributed by atoms with E-state index in [1.165, 1.54) is 19.2 Å². The summed E-state index contributed by atoms with van der Waals surface area (Å²) in [5.41, 5.74) is 0. The molecule has 1 saturated heterocycles. The van der Waals surface area contributed by atoms with Gasteiger partial charge >= 0.3 is 0 Å². The van der Waals surface area contributed by atoms with Crippen LogP contribution in [0.25, 0.3) is 0 Å². The van der Waals surface area contributed by atoms with E-state index in [0.717, 1.165) is 19.5 Å². The van der Waals surface area contributed by atoms with E-state index in [1.807, 2.05) is 13.8 Å². The Balaban J connectivity index is 0.00000338. The molecule has 0 saturated carbocycles. The van der Waals surface area contributed by atoms with Gasteiger partial charge in [0.2, 0.25) is 15.9 Å². The molecule has 1 heterocycles. The molecule has 26 heavy (non-hydrogen) atoms. The molecule has 1 aromatic carbocycles. The topological polar surface area (TPSA) is 87.7 Å². The van der Waals surface area contributed by atoms with Gasteiger partial charge in [0, 0.05) is 19.6 Å². The summed E-state index contributed by atoms with van der Waals surface area (Å²) >= 11 is 0. The number of likely N-dealkylation sites (N-methyl/N-ethyl adjacent to an activating group) is 1. The zero-order chi connectivity index (χ0) is 18.6. The van der Waals surface area contributed by atoms with Crippen LogP contribution in [0.1, 0.15) is 20.3 Å². The first-order valence-electron chi connectivity index (χ1n) is 8.40. The van der Waals surface area contributed by atoms with Crippen molar-refractivity contribution in [3.63, 3.8) is 0 Å². The minimum atomic E-state index is -3.80. The Bertz CT molecular complexity index is 688. The molecule has 1 aliphatic rings. The van der Waals surface area contributed by atoms with Crippen LogP contribution in [-0.2, 0) is 14.8 Å². The SMILES string of the molecule is COc1ccc(S(=O)(=O)NC(C(=O)N(C)C2CCNC2)C(C)C)cc1.Cl. The molecule has 2 atom stereocenters. The van der Waals surface area contributed by atoms with E-state index in [1.54, 1.807) is 24.1 Å². The van der Waals surface area contributed by atoms with Gasteiger partial charge in [-0.1, -0.05) is 13.8 Å². The Morgan fingerprint density at radius 1 is 1.31 bits per heavy atom. The van der Waals surface area contributed by atoms with Crippen LogP contribution in [0.5, 0.6) is 5.75 Å². The molecule has 0 aromatic heterocycles. The van der Waals surface area contributed by atoms with E-state index in [4.69, 9.17) is 4.74 Å². The third kappa shape index (κ3) is 5.33. The van der Waals surface area contributed by atoms with Gasteiger partial charge < -0.3 is 15.0 Å². The highest BCUT2D eigenvalue weighted by Crippen LogP contribution is 2.18. The molecule has 0 aliphatic carbocycles. The van der Waals surface area contributed by atoms with Crippen LogP contribution >= 0.6 is 12.4 Å². The second-order valence-corrected chi connectivity index (χ2v) is 8.33. The van der Waals surface area contributed by atoms with Crippen LogP contribution in [0.4, 0.5) is 0 Å². The number of carbonyl (C=O) groups excluding carboxylic acids is 1. The molecule has 148 valence electrons. The zero-order valence-corrected chi connectivity index (χ0v) is 17.2. The summed E-state index contributed by atoms with van der Waals surface area (Å²) in [6.45, 7) is 5.27. The van der Waals surface area contributed by atoms with Gasteiger partial charge in [0.15, 0.2) is 0 Å². The highest BCUT2D eigenvalue weighted by atomic mass is 35.5. The maximum atomic E-state index is 12.8. The lowest BCUT2D eigenvalue weighted by Crippen LogP contribution is -2.52. The van der Waals surface area contributed by atoms with E-state index >= 15 is 0 Å². The molecule has 1 aromatic rings. The maximum Gasteiger partial charge on any atom is 0.241 e. The predicted octanol–water partition coefficient (Wildman–Crippen LogP) is 1.24. The number of nitrogens with zero attached hydrogens (tertiary/aromatic N) is 1. The van der Waals surface area contributed by atoms with Gasteiger partial charge in [0.25, 0.3) is 0 Å². The summed E-state index contributed by atoms with van der Waals surface area (Å²) in [7, 11) is -0.550. The number of halogens is 1. The van der Waals surface area contributed by atoms with Crippen molar-refractivity contribution in [1.29, 1.82) is 0 Å². The second kappa shape index (κ2) is 9.55. The van der Waals surface area contributed by atoms with Crippen molar-refractivity contribution >= 4 is 28.3 Å². The minimum Gasteiger partial charge on any atom is -0.497 e. The third-order valence-electron chi connectivity index (χ3n) is 4.51. The van der Waals surface area contributed by atoms with Crippen LogP contribution in [0.3, 0.4) is 0 Å². The summed E-state index contributed by atoms with van der Waals surface area (Å²) < 4.78 is 32.9. The van der Waals surface area contributed by atoms with Gasteiger partial charge in [0.05, 0.1) is 12.0 Å². The number of hydrogen-bond donors (Lipinski definition) is 2. The number of nitrogens with one attached hydrogen (secondary N) is 2. The molecule has 0 bridgehead atoms. The lowest BCUT2D eigenvalue weighted by molar-refractivity contribution is -0.134. The number of carbonyl (C=O) groups is 1. The van der Waals surface area contributed by atoms with E-state index < -0.39 is 16.1 Å². The summed E-state index contributed by atoms with van der Waals surface area (Å²) in [5, 5.41) is 3.22. The standard InChI is InChI=1S/C17H27N3O4S.ClH/c1-12(2)16(17(21)20(3)13-9-10-18-11-13)19-25(22,23)15-7-5-14(24-4)6-8-15;/h5-8,12-13,16,18-19H,9-11H2,1-4H3;1H. The number of amides is 1. The zero-order valence-electron chi connectivity index (χ0n) is 15.6. The van der Waals surface area contributed by atoms with E-state index in [2.05, 4.69) is 10.0 Å². The third-order valence-corrected chi connectivity index (χ3v) is 5.97. The van der Waals surface area contributed by atoms with Crippen molar-refractivity contribution in [3.8, 4) is 5.75 Å². The lowest BCUT2D eigenvalue weighted by Gasteiger charge is -2.30. The van der Waals surface area contributed by atoms with Crippen LogP contribution < -0.4 is 14.8 Å². The largest absolute Gasteiger partial charge is 0.497 e. The number of rotatable bonds is 7. The molecule has 2 unspecified atom stereocenters. The number of methoxy groups -OCH3 is 1. The van der Waals surface area contributed by atoms with Crippen molar-refractivity contribution in [2.75, 3.05) is 27.2 Å². The first kappa shape index (κ1) is 22.7. The lowest BCUT2D eigenvalue weighted by atomic mass is 10.0. The maximum absolute atomic E-state index is 12.8. The normalized spacial score (nSPS) is 18.3. The van der Waals surface area contributed by atoms with Gasteiger partial charge in [-0.25, -0.2) is 8.42 Å². The second-order valence-electron chi connectivity index (χ2n) is 6.61. The first-order valence-corrected chi connectivity index (χ1v) is 9.88.